The van der Waals surface area contributed by atoms with Gasteiger partial charge in [0.15, 0.2) is 5.82 Å². The number of pyridine rings is 1. The molecular formula is C17H15N5S. The van der Waals surface area contributed by atoms with Crippen LogP contribution in [0.4, 0.5) is 0 Å². The molecule has 6 heteroatoms. The molecule has 0 fully saturated rings. The Morgan fingerprint density at radius 3 is 2.52 bits per heavy atom. The van der Waals surface area contributed by atoms with Crippen molar-refractivity contribution in [3.63, 3.8) is 0 Å². The minimum absolute atomic E-state index is 0.747. The van der Waals surface area contributed by atoms with E-state index in [0.29, 0.717) is 0 Å². The van der Waals surface area contributed by atoms with Crippen LogP contribution >= 0.6 is 11.8 Å². The fourth-order valence-electron chi connectivity index (χ4n) is 2.48. The van der Waals surface area contributed by atoms with Gasteiger partial charge in [-0.1, -0.05) is 43.0 Å². The van der Waals surface area contributed by atoms with Gasteiger partial charge in [-0.05, 0) is 29.7 Å². The molecule has 114 valence electrons. The summed E-state index contributed by atoms with van der Waals surface area (Å²) in [7, 11) is 0. The smallest absolute Gasteiger partial charge is 0.212 e. The van der Waals surface area contributed by atoms with Gasteiger partial charge in [-0.25, -0.2) is 0 Å². The average molecular weight is 321 g/mol. The molecule has 2 aromatic heterocycles. The van der Waals surface area contributed by atoms with Crippen molar-refractivity contribution < 1.29 is 0 Å². The summed E-state index contributed by atoms with van der Waals surface area (Å²) in [6.45, 7) is 2.16. The first-order valence-corrected chi connectivity index (χ1v) is 8.49. The number of aryl methyl sites for hydroxylation is 1. The van der Waals surface area contributed by atoms with Gasteiger partial charge in [0, 0.05) is 23.7 Å². The first-order chi connectivity index (χ1) is 11.3. The van der Waals surface area contributed by atoms with E-state index >= 15 is 0 Å². The zero-order valence-corrected chi connectivity index (χ0v) is 13.5. The van der Waals surface area contributed by atoms with Crippen LogP contribution in [0.1, 0.15) is 18.1 Å². The van der Waals surface area contributed by atoms with Crippen molar-refractivity contribution in [2.45, 2.75) is 18.5 Å². The first kappa shape index (κ1) is 14.1. The average Bonchev–Trinajstić information content (AvgIpc) is 3.05. The van der Waals surface area contributed by atoms with Gasteiger partial charge in [0.05, 0.1) is 5.71 Å². The standard InChI is InChI=1S/C17H15N5S/c1-2-12-3-5-13(6-4-12)15-11-23-17-20-19-16(22(17)21-15)14-7-9-18-10-8-14/h3-10H,2,11H2,1H3. The summed E-state index contributed by atoms with van der Waals surface area (Å²) in [6, 6.07) is 12.4. The minimum Gasteiger partial charge on any atom is -0.265 e. The molecule has 0 bridgehead atoms. The third-order valence-electron chi connectivity index (χ3n) is 3.80. The Kier molecular flexibility index (Phi) is 3.67. The number of benzene rings is 1. The zero-order valence-electron chi connectivity index (χ0n) is 12.7. The predicted molar refractivity (Wildman–Crippen MR) is 91.7 cm³/mol. The minimum atomic E-state index is 0.747. The summed E-state index contributed by atoms with van der Waals surface area (Å²) in [5.41, 5.74) is 4.49. The lowest BCUT2D eigenvalue weighted by Crippen LogP contribution is -2.13. The number of thioether (sulfide) groups is 1. The summed E-state index contributed by atoms with van der Waals surface area (Å²) in [5.74, 6) is 1.55. The SMILES string of the molecule is CCc1ccc(C2=Nn3c(nnc3-c3ccncc3)SC2)cc1. The summed E-state index contributed by atoms with van der Waals surface area (Å²) < 4.78 is 1.83. The van der Waals surface area contributed by atoms with Gasteiger partial charge in [0.1, 0.15) is 0 Å². The van der Waals surface area contributed by atoms with Crippen molar-refractivity contribution in [2.24, 2.45) is 5.10 Å². The summed E-state index contributed by atoms with van der Waals surface area (Å²) in [6.07, 6.45) is 4.55. The molecule has 0 atom stereocenters. The van der Waals surface area contributed by atoms with Crippen LogP contribution in [-0.2, 0) is 6.42 Å². The van der Waals surface area contributed by atoms with E-state index in [9.17, 15) is 0 Å². The molecule has 0 saturated heterocycles. The lowest BCUT2D eigenvalue weighted by Gasteiger charge is -2.14. The lowest BCUT2D eigenvalue weighted by atomic mass is 10.1. The van der Waals surface area contributed by atoms with Crippen molar-refractivity contribution in [1.29, 1.82) is 0 Å². The number of hydrogen-bond acceptors (Lipinski definition) is 5. The van der Waals surface area contributed by atoms with Crippen LogP contribution in [0.25, 0.3) is 11.4 Å². The fourth-order valence-corrected chi connectivity index (χ4v) is 3.32. The molecule has 0 aliphatic carbocycles. The molecule has 0 N–H and O–H groups in total. The number of nitrogens with zero attached hydrogens (tertiary/aromatic N) is 5. The Balaban J connectivity index is 1.75. The summed E-state index contributed by atoms with van der Waals surface area (Å²) in [4.78, 5) is 4.05. The van der Waals surface area contributed by atoms with E-state index in [1.54, 1.807) is 24.2 Å². The quantitative estimate of drug-likeness (QED) is 0.743. The Hall–Kier alpha value is -2.47. The second-order valence-electron chi connectivity index (χ2n) is 5.24. The molecule has 1 aromatic carbocycles. The number of fused-ring (bicyclic) bond motifs is 1. The Bertz CT molecular complexity index is 852. The molecule has 0 saturated carbocycles. The highest BCUT2D eigenvalue weighted by Crippen LogP contribution is 2.28. The van der Waals surface area contributed by atoms with Crippen molar-refractivity contribution in [3.05, 3.63) is 59.9 Å². The monoisotopic (exact) mass is 321 g/mol. The van der Waals surface area contributed by atoms with Crippen LogP contribution in [0.5, 0.6) is 0 Å². The third kappa shape index (κ3) is 2.66. The van der Waals surface area contributed by atoms with E-state index < -0.39 is 0 Å². The van der Waals surface area contributed by atoms with Crippen molar-refractivity contribution in [2.75, 3.05) is 5.75 Å². The Morgan fingerprint density at radius 1 is 1.00 bits per heavy atom. The highest BCUT2D eigenvalue weighted by atomic mass is 32.2. The van der Waals surface area contributed by atoms with Gasteiger partial charge in [-0.2, -0.15) is 9.78 Å². The molecule has 0 amide bonds. The molecule has 0 unspecified atom stereocenters. The Labute approximate surface area is 138 Å². The molecular weight excluding hydrogens is 306 g/mol. The van der Waals surface area contributed by atoms with Gasteiger partial charge in [0.25, 0.3) is 0 Å². The van der Waals surface area contributed by atoms with Crippen LogP contribution in [-0.4, -0.2) is 31.3 Å². The van der Waals surface area contributed by atoms with Crippen LogP contribution in [0, 0.1) is 0 Å². The van der Waals surface area contributed by atoms with Crippen molar-refractivity contribution >= 4 is 17.5 Å². The van der Waals surface area contributed by atoms with Gasteiger partial charge < -0.3 is 0 Å². The van der Waals surface area contributed by atoms with E-state index in [0.717, 1.165) is 40.0 Å². The van der Waals surface area contributed by atoms with Crippen LogP contribution in [0.2, 0.25) is 0 Å². The molecule has 0 radical (unpaired) electrons. The van der Waals surface area contributed by atoms with E-state index in [1.165, 1.54) is 5.56 Å². The fraction of sp³-hybridized carbons (Fsp3) is 0.176. The maximum Gasteiger partial charge on any atom is 0.212 e. The second kappa shape index (κ2) is 5.96. The molecule has 1 aliphatic rings. The first-order valence-electron chi connectivity index (χ1n) is 7.51. The predicted octanol–water partition coefficient (Wildman–Crippen LogP) is 3.26. The van der Waals surface area contributed by atoms with E-state index in [2.05, 4.69) is 46.4 Å². The maximum absolute atomic E-state index is 4.77. The third-order valence-corrected chi connectivity index (χ3v) is 4.74. The molecule has 3 heterocycles. The molecule has 1 aliphatic heterocycles. The van der Waals surface area contributed by atoms with Gasteiger partial charge in [0.2, 0.25) is 5.16 Å². The van der Waals surface area contributed by atoms with Crippen LogP contribution in [0.3, 0.4) is 0 Å². The highest BCUT2D eigenvalue weighted by Gasteiger charge is 2.20. The lowest BCUT2D eigenvalue weighted by molar-refractivity contribution is 0.762. The molecule has 3 aromatic rings. The summed E-state index contributed by atoms with van der Waals surface area (Å²) in [5, 5.41) is 14.1. The van der Waals surface area contributed by atoms with Gasteiger partial charge >= 0.3 is 0 Å². The number of aromatic nitrogens is 4. The van der Waals surface area contributed by atoms with E-state index in [4.69, 9.17) is 5.10 Å². The van der Waals surface area contributed by atoms with Crippen molar-refractivity contribution in [1.82, 2.24) is 19.9 Å². The van der Waals surface area contributed by atoms with Gasteiger partial charge in [-0.3, -0.25) is 4.98 Å². The van der Waals surface area contributed by atoms with Gasteiger partial charge in [-0.15, -0.1) is 10.2 Å². The largest absolute Gasteiger partial charge is 0.265 e. The molecule has 23 heavy (non-hydrogen) atoms. The second-order valence-corrected chi connectivity index (χ2v) is 6.18. The van der Waals surface area contributed by atoms with Crippen LogP contribution in [0.15, 0.2) is 59.0 Å². The topological polar surface area (TPSA) is 56.0 Å². The Morgan fingerprint density at radius 2 is 1.78 bits per heavy atom. The molecule has 0 spiro atoms. The molecule has 5 nitrogen and oxygen atoms in total. The van der Waals surface area contributed by atoms with E-state index in [1.807, 2.05) is 16.8 Å². The van der Waals surface area contributed by atoms with Crippen molar-refractivity contribution in [3.8, 4) is 11.4 Å². The van der Waals surface area contributed by atoms with E-state index in [-0.39, 0.29) is 0 Å². The zero-order chi connectivity index (χ0) is 15.6. The number of hydrogen-bond donors (Lipinski definition) is 0. The highest BCUT2D eigenvalue weighted by molar-refractivity contribution is 7.99. The molecule has 4 rings (SSSR count). The van der Waals surface area contributed by atoms with Crippen LogP contribution < -0.4 is 0 Å². The maximum atomic E-state index is 4.77. The normalized spacial score (nSPS) is 13.5. The summed E-state index contributed by atoms with van der Waals surface area (Å²) >= 11 is 1.66. The number of rotatable bonds is 3.